The number of ether oxygens (including phenoxy) is 1. The second-order valence-electron chi connectivity index (χ2n) is 2.74. The van der Waals surface area contributed by atoms with Gasteiger partial charge in [-0.2, -0.15) is 0 Å². The number of hydrogen-bond acceptors (Lipinski definition) is 2. The van der Waals surface area contributed by atoms with Crippen LogP contribution in [0.3, 0.4) is 0 Å². The molecule has 0 radical (unpaired) electrons. The average Bonchev–Trinajstić information content (AvgIpc) is 2.50. The van der Waals surface area contributed by atoms with Gasteiger partial charge in [0.2, 0.25) is 0 Å². The first-order chi connectivity index (χ1) is 5.40. The molecule has 0 saturated heterocycles. The Hall–Kier alpha value is -1.05. The Morgan fingerprint density at radius 2 is 2.55 bits per heavy atom. The van der Waals surface area contributed by atoms with E-state index in [0.717, 1.165) is 30.9 Å². The van der Waals surface area contributed by atoms with Gasteiger partial charge in [0, 0.05) is 12.6 Å². The van der Waals surface area contributed by atoms with E-state index < -0.39 is 0 Å². The van der Waals surface area contributed by atoms with Gasteiger partial charge >= 0.3 is 0 Å². The van der Waals surface area contributed by atoms with Crippen molar-refractivity contribution in [3.8, 4) is 5.75 Å². The Kier molecular flexibility index (Phi) is 1.53. The quantitative estimate of drug-likeness (QED) is 0.604. The lowest BCUT2D eigenvalue weighted by Crippen LogP contribution is -1.87. The molecule has 1 aliphatic rings. The van der Waals surface area contributed by atoms with Gasteiger partial charge in [0.25, 0.3) is 0 Å². The molecule has 1 aromatic rings. The first kappa shape index (κ1) is 6.65. The third-order valence-electron chi connectivity index (χ3n) is 1.99. The molecule has 2 heterocycles. The van der Waals surface area contributed by atoms with E-state index in [9.17, 15) is 0 Å². The molecule has 0 atom stereocenters. The predicted octanol–water partition coefficient (Wildman–Crippen LogP) is 1.58. The van der Waals surface area contributed by atoms with Crippen molar-refractivity contribution >= 4 is 0 Å². The van der Waals surface area contributed by atoms with Gasteiger partial charge in [-0.3, -0.25) is 4.98 Å². The maximum Gasteiger partial charge on any atom is 0.141 e. The van der Waals surface area contributed by atoms with Crippen LogP contribution < -0.4 is 4.74 Å². The lowest BCUT2D eigenvalue weighted by Gasteiger charge is -1.99. The molecule has 1 aromatic heterocycles. The number of fused-ring (bicyclic) bond motifs is 1. The van der Waals surface area contributed by atoms with E-state index in [1.165, 1.54) is 5.56 Å². The fourth-order valence-electron chi connectivity index (χ4n) is 1.28. The van der Waals surface area contributed by atoms with E-state index in [1.807, 2.05) is 6.20 Å². The summed E-state index contributed by atoms with van der Waals surface area (Å²) >= 11 is 0. The van der Waals surface area contributed by atoms with Crippen molar-refractivity contribution in [2.75, 3.05) is 6.61 Å². The zero-order valence-electron chi connectivity index (χ0n) is 6.63. The summed E-state index contributed by atoms with van der Waals surface area (Å²) in [6, 6.07) is 2.09. The van der Waals surface area contributed by atoms with E-state index >= 15 is 0 Å². The molecule has 0 saturated carbocycles. The monoisotopic (exact) mass is 149 g/mol. The summed E-state index contributed by atoms with van der Waals surface area (Å²) in [5.41, 5.74) is 2.37. The molecule has 0 spiro atoms. The molecule has 0 fully saturated rings. The topological polar surface area (TPSA) is 22.1 Å². The minimum Gasteiger partial charge on any atom is -0.491 e. The lowest BCUT2D eigenvalue weighted by molar-refractivity contribution is 0.356. The standard InChI is InChI=1S/C9H11NO/c1-2-7-5-9-8(10-6-7)3-4-11-9/h5-6H,2-4H2,1H3. The van der Waals surface area contributed by atoms with Crippen molar-refractivity contribution in [2.24, 2.45) is 0 Å². The number of aryl methyl sites for hydroxylation is 1. The van der Waals surface area contributed by atoms with Crippen molar-refractivity contribution in [3.63, 3.8) is 0 Å². The first-order valence-electron chi connectivity index (χ1n) is 4.00. The molecular formula is C9H11NO. The van der Waals surface area contributed by atoms with Crippen LogP contribution in [0, 0.1) is 0 Å². The summed E-state index contributed by atoms with van der Waals surface area (Å²) in [6.45, 7) is 2.92. The normalized spacial score (nSPS) is 14.3. The van der Waals surface area contributed by atoms with Crippen LogP contribution in [-0.4, -0.2) is 11.6 Å². The van der Waals surface area contributed by atoms with Crippen LogP contribution in [0.1, 0.15) is 18.2 Å². The largest absolute Gasteiger partial charge is 0.491 e. The van der Waals surface area contributed by atoms with Crippen molar-refractivity contribution < 1.29 is 4.74 Å². The number of aromatic nitrogens is 1. The molecule has 2 rings (SSSR count). The summed E-state index contributed by atoms with van der Waals surface area (Å²) in [7, 11) is 0. The van der Waals surface area contributed by atoms with Crippen LogP contribution in [0.4, 0.5) is 0 Å². The number of nitrogens with zero attached hydrogens (tertiary/aromatic N) is 1. The molecule has 0 bridgehead atoms. The van der Waals surface area contributed by atoms with Crippen molar-refractivity contribution in [1.82, 2.24) is 4.98 Å². The second-order valence-corrected chi connectivity index (χ2v) is 2.74. The Labute approximate surface area is 66.2 Å². The Balaban J connectivity index is 2.41. The predicted molar refractivity (Wildman–Crippen MR) is 42.8 cm³/mol. The Morgan fingerprint density at radius 1 is 1.64 bits per heavy atom. The highest BCUT2D eigenvalue weighted by Gasteiger charge is 2.12. The van der Waals surface area contributed by atoms with Crippen LogP contribution in [0.2, 0.25) is 0 Å². The molecule has 0 amide bonds. The fourth-order valence-corrected chi connectivity index (χ4v) is 1.28. The molecular weight excluding hydrogens is 138 g/mol. The fraction of sp³-hybridized carbons (Fsp3) is 0.444. The average molecular weight is 149 g/mol. The molecule has 0 unspecified atom stereocenters. The number of hydrogen-bond donors (Lipinski definition) is 0. The van der Waals surface area contributed by atoms with Crippen LogP contribution in [0.15, 0.2) is 12.3 Å². The third kappa shape index (κ3) is 1.09. The van der Waals surface area contributed by atoms with Gasteiger partial charge in [0.1, 0.15) is 5.75 Å². The molecule has 0 aromatic carbocycles. The number of rotatable bonds is 1. The Bertz CT molecular complexity index is 270. The minimum atomic E-state index is 0.801. The molecule has 11 heavy (non-hydrogen) atoms. The highest BCUT2D eigenvalue weighted by molar-refractivity contribution is 5.34. The summed E-state index contributed by atoms with van der Waals surface area (Å²) < 4.78 is 5.38. The molecule has 0 N–H and O–H groups in total. The molecule has 2 nitrogen and oxygen atoms in total. The molecule has 0 aliphatic carbocycles. The van der Waals surface area contributed by atoms with Crippen LogP contribution >= 0.6 is 0 Å². The van der Waals surface area contributed by atoms with E-state index in [-0.39, 0.29) is 0 Å². The maximum absolute atomic E-state index is 5.38. The zero-order valence-corrected chi connectivity index (χ0v) is 6.63. The summed E-state index contributed by atoms with van der Waals surface area (Å²) in [4.78, 5) is 4.31. The summed E-state index contributed by atoms with van der Waals surface area (Å²) in [5.74, 6) is 0.990. The third-order valence-corrected chi connectivity index (χ3v) is 1.99. The molecule has 1 aliphatic heterocycles. The van der Waals surface area contributed by atoms with Crippen LogP contribution in [-0.2, 0) is 12.8 Å². The summed E-state index contributed by atoms with van der Waals surface area (Å²) in [5, 5.41) is 0. The highest BCUT2D eigenvalue weighted by Crippen LogP contribution is 2.23. The van der Waals surface area contributed by atoms with Crippen LogP contribution in [0.5, 0.6) is 5.75 Å². The van der Waals surface area contributed by atoms with Crippen molar-refractivity contribution in [3.05, 3.63) is 23.5 Å². The maximum atomic E-state index is 5.38. The van der Waals surface area contributed by atoms with Gasteiger partial charge < -0.3 is 4.74 Å². The van der Waals surface area contributed by atoms with Gasteiger partial charge in [-0.25, -0.2) is 0 Å². The van der Waals surface area contributed by atoms with E-state index in [1.54, 1.807) is 0 Å². The van der Waals surface area contributed by atoms with Crippen molar-refractivity contribution in [1.29, 1.82) is 0 Å². The Morgan fingerprint density at radius 3 is 3.36 bits per heavy atom. The van der Waals surface area contributed by atoms with E-state index in [0.29, 0.717) is 0 Å². The van der Waals surface area contributed by atoms with Crippen LogP contribution in [0.25, 0.3) is 0 Å². The highest BCUT2D eigenvalue weighted by atomic mass is 16.5. The van der Waals surface area contributed by atoms with Crippen molar-refractivity contribution in [2.45, 2.75) is 19.8 Å². The van der Waals surface area contributed by atoms with Gasteiger partial charge in [-0.15, -0.1) is 0 Å². The first-order valence-corrected chi connectivity index (χ1v) is 4.00. The molecule has 2 heteroatoms. The SMILES string of the molecule is CCc1cnc2c(c1)OCC2. The van der Waals surface area contributed by atoms with Gasteiger partial charge in [-0.05, 0) is 18.1 Å². The van der Waals surface area contributed by atoms with Gasteiger partial charge in [0.15, 0.2) is 0 Å². The zero-order chi connectivity index (χ0) is 7.68. The van der Waals surface area contributed by atoms with Gasteiger partial charge in [-0.1, -0.05) is 6.92 Å². The second kappa shape index (κ2) is 2.53. The van der Waals surface area contributed by atoms with E-state index in [4.69, 9.17) is 4.74 Å². The lowest BCUT2D eigenvalue weighted by atomic mass is 10.2. The molecule has 58 valence electrons. The minimum absolute atomic E-state index is 0.801. The van der Waals surface area contributed by atoms with Gasteiger partial charge in [0.05, 0.1) is 12.3 Å². The van der Waals surface area contributed by atoms with E-state index in [2.05, 4.69) is 18.0 Å². The number of pyridine rings is 1. The summed E-state index contributed by atoms with van der Waals surface area (Å²) in [6.07, 6.45) is 3.94. The smallest absolute Gasteiger partial charge is 0.141 e.